The molecule has 0 atom stereocenters. The van der Waals surface area contributed by atoms with Crippen molar-refractivity contribution >= 4 is 16.3 Å². The first-order chi connectivity index (χ1) is 8.68. The molecule has 0 aromatic carbocycles. The molecule has 0 bridgehead atoms. The Hall–Kier alpha value is -0.870. The highest BCUT2D eigenvalue weighted by Gasteiger charge is 2.08. The number of thiazole rings is 1. The highest BCUT2D eigenvalue weighted by Crippen LogP contribution is 2.16. The number of fused-ring (bicyclic) bond motifs is 1. The van der Waals surface area contributed by atoms with Gasteiger partial charge in [-0.3, -0.25) is 4.40 Å². The molecule has 0 spiro atoms. The minimum absolute atomic E-state index is 0.826. The van der Waals surface area contributed by atoms with E-state index in [1.807, 2.05) is 0 Å². The standard InChI is InChI=1S/C14H23N3S/c1-11(2)6-4-5-7-15-10-13-12(3)16-14-17(13)8-9-18-14/h8-9,11,15H,4-7,10H2,1-3H3. The lowest BCUT2D eigenvalue weighted by molar-refractivity contribution is 0.519. The van der Waals surface area contributed by atoms with E-state index in [0.717, 1.165) is 29.7 Å². The molecule has 0 unspecified atom stereocenters. The molecule has 2 rings (SSSR count). The highest BCUT2D eigenvalue weighted by atomic mass is 32.1. The lowest BCUT2D eigenvalue weighted by atomic mass is 10.1. The zero-order valence-electron chi connectivity index (χ0n) is 11.6. The van der Waals surface area contributed by atoms with Gasteiger partial charge in [0.25, 0.3) is 0 Å². The van der Waals surface area contributed by atoms with Crippen molar-refractivity contribution in [1.82, 2.24) is 14.7 Å². The van der Waals surface area contributed by atoms with Crippen LogP contribution in [0.25, 0.3) is 4.96 Å². The van der Waals surface area contributed by atoms with Crippen LogP contribution in [0.5, 0.6) is 0 Å². The van der Waals surface area contributed by atoms with Gasteiger partial charge in [-0.05, 0) is 25.8 Å². The van der Waals surface area contributed by atoms with E-state index in [2.05, 4.69) is 47.0 Å². The van der Waals surface area contributed by atoms with Crippen LogP contribution in [0.1, 0.15) is 44.5 Å². The van der Waals surface area contributed by atoms with Crippen LogP contribution in [-0.2, 0) is 6.54 Å². The van der Waals surface area contributed by atoms with Gasteiger partial charge in [-0.15, -0.1) is 11.3 Å². The molecule has 1 N–H and O–H groups in total. The maximum absolute atomic E-state index is 4.55. The van der Waals surface area contributed by atoms with Crippen molar-refractivity contribution in [3.63, 3.8) is 0 Å². The molecule has 0 fully saturated rings. The fraction of sp³-hybridized carbons (Fsp3) is 0.643. The first-order valence-electron chi connectivity index (χ1n) is 6.80. The Morgan fingerprint density at radius 3 is 3.00 bits per heavy atom. The zero-order valence-corrected chi connectivity index (χ0v) is 12.4. The fourth-order valence-electron chi connectivity index (χ4n) is 2.16. The van der Waals surface area contributed by atoms with Gasteiger partial charge >= 0.3 is 0 Å². The summed E-state index contributed by atoms with van der Waals surface area (Å²) in [6.07, 6.45) is 6.03. The molecule has 0 radical (unpaired) electrons. The normalized spacial score (nSPS) is 11.8. The van der Waals surface area contributed by atoms with Crippen LogP contribution >= 0.6 is 11.3 Å². The predicted molar refractivity (Wildman–Crippen MR) is 78.2 cm³/mol. The van der Waals surface area contributed by atoms with Crippen LogP contribution in [-0.4, -0.2) is 15.9 Å². The first kappa shape index (κ1) is 13.6. The highest BCUT2D eigenvalue weighted by molar-refractivity contribution is 7.15. The molecule has 4 heteroatoms. The van der Waals surface area contributed by atoms with Crippen molar-refractivity contribution in [2.45, 2.75) is 46.6 Å². The van der Waals surface area contributed by atoms with Crippen LogP contribution in [0, 0.1) is 12.8 Å². The number of unbranched alkanes of at least 4 members (excludes halogenated alkanes) is 1. The van der Waals surface area contributed by atoms with Crippen LogP contribution < -0.4 is 5.32 Å². The molecule has 2 aromatic rings. The van der Waals surface area contributed by atoms with E-state index in [9.17, 15) is 0 Å². The van der Waals surface area contributed by atoms with Crippen molar-refractivity contribution < 1.29 is 0 Å². The predicted octanol–water partition coefficient (Wildman–Crippen LogP) is 3.62. The van der Waals surface area contributed by atoms with Crippen LogP contribution in [0.2, 0.25) is 0 Å². The Bertz CT molecular complexity index is 484. The topological polar surface area (TPSA) is 29.3 Å². The summed E-state index contributed by atoms with van der Waals surface area (Å²) in [5.41, 5.74) is 2.45. The summed E-state index contributed by atoms with van der Waals surface area (Å²) < 4.78 is 2.20. The van der Waals surface area contributed by atoms with Gasteiger partial charge in [0, 0.05) is 18.1 Å². The Balaban J connectivity index is 1.76. The largest absolute Gasteiger partial charge is 0.311 e. The molecule has 2 aromatic heterocycles. The average molecular weight is 265 g/mol. The van der Waals surface area contributed by atoms with Crippen molar-refractivity contribution in [2.24, 2.45) is 5.92 Å². The summed E-state index contributed by atoms with van der Waals surface area (Å²) in [6.45, 7) is 8.69. The minimum Gasteiger partial charge on any atom is -0.311 e. The maximum Gasteiger partial charge on any atom is 0.194 e. The Labute approximate surface area is 113 Å². The number of rotatable bonds is 7. The van der Waals surface area contributed by atoms with E-state index in [0.29, 0.717) is 0 Å². The van der Waals surface area contributed by atoms with Gasteiger partial charge in [0.05, 0.1) is 11.4 Å². The summed E-state index contributed by atoms with van der Waals surface area (Å²) in [4.78, 5) is 5.65. The summed E-state index contributed by atoms with van der Waals surface area (Å²) >= 11 is 1.70. The third-order valence-electron chi connectivity index (χ3n) is 3.24. The summed E-state index contributed by atoms with van der Waals surface area (Å²) in [7, 11) is 0. The molecule has 3 nitrogen and oxygen atoms in total. The van der Waals surface area contributed by atoms with Crippen molar-refractivity contribution in [2.75, 3.05) is 6.54 Å². The molecular weight excluding hydrogens is 242 g/mol. The second-order valence-corrected chi connectivity index (χ2v) is 6.14. The third kappa shape index (κ3) is 3.33. The van der Waals surface area contributed by atoms with E-state index >= 15 is 0 Å². The minimum atomic E-state index is 0.826. The molecular formula is C14H23N3S. The van der Waals surface area contributed by atoms with Crippen molar-refractivity contribution in [1.29, 1.82) is 0 Å². The van der Waals surface area contributed by atoms with E-state index < -0.39 is 0 Å². The Kier molecular flexibility index (Phi) is 4.78. The summed E-state index contributed by atoms with van der Waals surface area (Å²) in [6, 6.07) is 0. The number of aryl methyl sites for hydroxylation is 1. The number of nitrogens with one attached hydrogen (secondary N) is 1. The number of hydrogen-bond donors (Lipinski definition) is 1. The zero-order chi connectivity index (χ0) is 13.0. The van der Waals surface area contributed by atoms with Crippen LogP contribution in [0.3, 0.4) is 0 Å². The first-order valence-corrected chi connectivity index (χ1v) is 7.68. The second kappa shape index (κ2) is 6.34. The SMILES string of the molecule is Cc1nc2sccn2c1CNCCCCC(C)C. The molecule has 100 valence electrons. The van der Waals surface area contributed by atoms with Crippen molar-refractivity contribution in [3.8, 4) is 0 Å². The van der Waals surface area contributed by atoms with E-state index in [1.54, 1.807) is 11.3 Å². The third-order valence-corrected chi connectivity index (χ3v) is 4.00. The van der Waals surface area contributed by atoms with E-state index in [4.69, 9.17) is 0 Å². The molecule has 0 amide bonds. The Morgan fingerprint density at radius 1 is 1.39 bits per heavy atom. The average Bonchev–Trinajstić information content (AvgIpc) is 2.85. The number of imidazole rings is 1. The summed E-state index contributed by atoms with van der Waals surface area (Å²) in [5, 5.41) is 5.62. The van der Waals surface area contributed by atoms with Gasteiger partial charge in [-0.1, -0.05) is 26.7 Å². The van der Waals surface area contributed by atoms with Crippen molar-refractivity contribution in [3.05, 3.63) is 23.0 Å². The smallest absolute Gasteiger partial charge is 0.194 e. The molecule has 2 heterocycles. The molecule has 18 heavy (non-hydrogen) atoms. The molecule has 0 aliphatic heterocycles. The van der Waals surface area contributed by atoms with Gasteiger partial charge in [0.15, 0.2) is 4.96 Å². The van der Waals surface area contributed by atoms with Gasteiger partial charge in [-0.2, -0.15) is 0 Å². The number of nitrogens with zero attached hydrogens (tertiary/aromatic N) is 2. The molecule has 0 saturated carbocycles. The lowest BCUT2D eigenvalue weighted by Crippen LogP contribution is -2.16. The van der Waals surface area contributed by atoms with Crippen LogP contribution in [0.15, 0.2) is 11.6 Å². The number of hydrogen-bond acceptors (Lipinski definition) is 3. The molecule has 0 aliphatic carbocycles. The molecule has 0 saturated heterocycles. The summed E-state index contributed by atoms with van der Waals surface area (Å²) in [5.74, 6) is 0.826. The number of aromatic nitrogens is 2. The van der Waals surface area contributed by atoms with E-state index in [-0.39, 0.29) is 0 Å². The Morgan fingerprint density at radius 2 is 2.22 bits per heavy atom. The van der Waals surface area contributed by atoms with Crippen LogP contribution in [0.4, 0.5) is 0 Å². The lowest BCUT2D eigenvalue weighted by Gasteiger charge is -2.06. The fourth-order valence-corrected chi connectivity index (χ4v) is 2.94. The maximum atomic E-state index is 4.55. The van der Waals surface area contributed by atoms with Gasteiger partial charge in [0.1, 0.15) is 0 Å². The molecule has 0 aliphatic rings. The monoisotopic (exact) mass is 265 g/mol. The van der Waals surface area contributed by atoms with Gasteiger partial charge < -0.3 is 5.32 Å². The second-order valence-electron chi connectivity index (χ2n) is 5.27. The van der Waals surface area contributed by atoms with Gasteiger partial charge in [0.2, 0.25) is 0 Å². The quantitative estimate of drug-likeness (QED) is 0.775. The van der Waals surface area contributed by atoms with E-state index in [1.165, 1.54) is 25.0 Å². The van der Waals surface area contributed by atoms with Gasteiger partial charge in [-0.25, -0.2) is 4.98 Å².